The summed E-state index contributed by atoms with van der Waals surface area (Å²) in [7, 11) is 0. The predicted molar refractivity (Wildman–Crippen MR) is 141 cm³/mol. The monoisotopic (exact) mass is 509 g/mol. The van der Waals surface area contributed by atoms with Crippen LogP contribution in [0.15, 0.2) is 48.5 Å². The highest BCUT2D eigenvalue weighted by molar-refractivity contribution is 7.09. The normalized spacial score (nSPS) is 12.0. The minimum Gasteiger partial charge on any atom is -0.494 e. The maximum atomic E-state index is 14.0. The van der Waals surface area contributed by atoms with Gasteiger partial charge in [-0.3, -0.25) is 19.3 Å². The molecule has 2 aromatic carbocycles. The van der Waals surface area contributed by atoms with Gasteiger partial charge in [0.1, 0.15) is 16.7 Å². The number of nitrogen functional groups attached to an aromatic ring is 1. The standard InChI is InChI=1S/C26H31N5O4S/c1-6-35-18-13-11-17(12-14-18)31(25(34)22-19(27)20(23(28)32)30-36-22)21(24(33)29-26(3,4)5)16-9-7-15(2)8-10-16/h7-14,21H,6,27H2,1-5H3,(H2,28,32)(H,29,33)/t21-/m1/s1. The molecule has 0 aliphatic heterocycles. The van der Waals surface area contributed by atoms with Crippen LogP contribution in [0.4, 0.5) is 11.4 Å². The number of hydrogen-bond acceptors (Lipinski definition) is 7. The first-order chi connectivity index (χ1) is 16.9. The van der Waals surface area contributed by atoms with Crippen LogP contribution in [0.2, 0.25) is 0 Å². The lowest BCUT2D eigenvalue weighted by Gasteiger charge is -2.33. The summed E-state index contributed by atoms with van der Waals surface area (Å²) in [6.07, 6.45) is 0. The Morgan fingerprint density at radius 3 is 2.19 bits per heavy atom. The summed E-state index contributed by atoms with van der Waals surface area (Å²) in [6.45, 7) is 9.88. The molecule has 10 heteroatoms. The topological polar surface area (TPSA) is 141 Å². The number of anilines is 2. The Morgan fingerprint density at radius 2 is 1.69 bits per heavy atom. The fourth-order valence-corrected chi connectivity index (χ4v) is 4.34. The molecule has 36 heavy (non-hydrogen) atoms. The van der Waals surface area contributed by atoms with Gasteiger partial charge >= 0.3 is 0 Å². The highest BCUT2D eigenvalue weighted by atomic mass is 32.1. The van der Waals surface area contributed by atoms with Gasteiger partial charge in [-0.05, 0) is 76.0 Å². The molecular formula is C26H31N5O4S. The fourth-order valence-electron chi connectivity index (χ4n) is 3.60. The number of aryl methyl sites for hydroxylation is 1. The van der Waals surface area contributed by atoms with Crippen molar-refractivity contribution < 1.29 is 19.1 Å². The van der Waals surface area contributed by atoms with E-state index in [0.29, 0.717) is 23.6 Å². The molecule has 9 nitrogen and oxygen atoms in total. The molecule has 0 fully saturated rings. The third-order valence-electron chi connectivity index (χ3n) is 5.20. The summed E-state index contributed by atoms with van der Waals surface area (Å²) >= 11 is 0.763. The van der Waals surface area contributed by atoms with Gasteiger partial charge in [0.05, 0.1) is 12.3 Å². The average molecular weight is 510 g/mol. The zero-order chi connectivity index (χ0) is 26.6. The first-order valence-corrected chi connectivity index (χ1v) is 12.2. The van der Waals surface area contributed by atoms with Gasteiger partial charge in [0, 0.05) is 11.2 Å². The molecule has 0 aliphatic carbocycles. The van der Waals surface area contributed by atoms with Crippen molar-refractivity contribution >= 4 is 40.6 Å². The van der Waals surface area contributed by atoms with Gasteiger partial charge in [-0.2, -0.15) is 4.37 Å². The highest BCUT2D eigenvalue weighted by Crippen LogP contribution is 2.34. The molecule has 0 saturated heterocycles. The zero-order valence-corrected chi connectivity index (χ0v) is 21.8. The molecule has 1 aromatic heterocycles. The summed E-state index contributed by atoms with van der Waals surface area (Å²) in [5.74, 6) is -1.19. The van der Waals surface area contributed by atoms with E-state index in [4.69, 9.17) is 16.2 Å². The van der Waals surface area contributed by atoms with Crippen LogP contribution in [0.1, 0.15) is 65.0 Å². The van der Waals surface area contributed by atoms with Crippen LogP contribution in [-0.4, -0.2) is 34.2 Å². The minimum absolute atomic E-state index is 0.0124. The molecule has 0 saturated carbocycles. The number of benzene rings is 2. The Morgan fingerprint density at radius 1 is 1.08 bits per heavy atom. The SMILES string of the molecule is CCOc1ccc(N(C(=O)c2snc(C(N)=O)c2N)[C@@H](C(=O)NC(C)(C)C)c2ccc(C)cc2)cc1. The van der Waals surface area contributed by atoms with Crippen molar-refractivity contribution in [1.29, 1.82) is 0 Å². The number of amides is 3. The second-order valence-corrected chi connectivity index (χ2v) is 10.1. The van der Waals surface area contributed by atoms with Crippen LogP contribution in [0.25, 0.3) is 0 Å². The Kier molecular flexibility index (Phi) is 7.99. The van der Waals surface area contributed by atoms with E-state index >= 15 is 0 Å². The lowest BCUT2D eigenvalue weighted by Crippen LogP contribution is -2.49. The quantitative estimate of drug-likeness (QED) is 0.421. The Balaban J connectivity index is 2.21. The van der Waals surface area contributed by atoms with E-state index in [2.05, 4.69) is 9.69 Å². The van der Waals surface area contributed by atoms with E-state index in [1.165, 1.54) is 4.90 Å². The summed E-state index contributed by atoms with van der Waals surface area (Å²) in [5.41, 5.74) is 12.7. The minimum atomic E-state index is -1.05. The second-order valence-electron chi connectivity index (χ2n) is 9.29. The molecule has 3 aromatic rings. The molecule has 0 radical (unpaired) electrons. The van der Waals surface area contributed by atoms with Crippen molar-refractivity contribution in [2.45, 2.75) is 46.2 Å². The lowest BCUT2D eigenvalue weighted by atomic mass is 9.99. The average Bonchev–Trinajstić information content (AvgIpc) is 3.19. The van der Waals surface area contributed by atoms with Crippen molar-refractivity contribution in [3.8, 4) is 5.75 Å². The second kappa shape index (κ2) is 10.8. The van der Waals surface area contributed by atoms with Gasteiger partial charge in [0.15, 0.2) is 5.69 Å². The summed E-state index contributed by atoms with van der Waals surface area (Å²) in [4.78, 5) is 40.8. The van der Waals surface area contributed by atoms with Gasteiger partial charge in [0.2, 0.25) is 5.91 Å². The van der Waals surface area contributed by atoms with E-state index in [1.807, 2.05) is 58.9 Å². The van der Waals surface area contributed by atoms with E-state index in [-0.39, 0.29) is 22.2 Å². The smallest absolute Gasteiger partial charge is 0.273 e. The number of primary amides is 1. The number of ether oxygens (including phenoxy) is 1. The van der Waals surface area contributed by atoms with Crippen molar-refractivity contribution in [3.05, 3.63) is 70.2 Å². The van der Waals surface area contributed by atoms with Gasteiger partial charge in [0.25, 0.3) is 11.8 Å². The maximum Gasteiger partial charge on any atom is 0.273 e. The van der Waals surface area contributed by atoms with Gasteiger partial charge in [-0.15, -0.1) is 0 Å². The molecule has 1 heterocycles. The van der Waals surface area contributed by atoms with Crippen molar-refractivity contribution in [1.82, 2.24) is 9.69 Å². The van der Waals surface area contributed by atoms with Gasteiger partial charge in [-0.25, -0.2) is 0 Å². The van der Waals surface area contributed by atoms with E-state index in [0.717, 1.165) is 17.1 Å². The first-order valence-electron chi connectivity index (χ1n) is 11.4. The van der Waals surface area contributed by atoms with E-state index in [1.54, 1.807) is 24.3 Å². The summed E-state index contributed by atoms with van der Waals surface area (Å²) in [5, 5.41) is 2.98. The molecule has 0 spiro atoms. The predicted octanol–water partition coefficient (Wildman–Crippen LogP) is 3.83. The molecular weight excluding hydrogens is 478 g/mol. The molecule has 5 N–H and O–H groups in total. The highest BCUT2D eigenvalue weighted by Gasteiger charge is 2.37. The fraction of sp³-hybridized carbons (Fsp3) is 0.308. The van der Waals surface area contributed by atoms with Crippen LogP contribution in [0.5, 0.6) is 5.75 Å². The van der Waals surface area contributed by atoms with Crippen LogP contribution < -0.4 is 26.4 Å². The van der Waals surface area contributed by atoms with Gasteiger partial charge in [-0.1, -0.05) is 29.8 Å². The first kappa shape index (κ1) is 26.7. The number of nitrogens with two attached hydrogens (primary N) is 2. The number of aromatic nitrogens is 1. The van der Waals surface area contributed by atoms with Crippen molar-refractivity contribution in [2.24, 2.45) is 5.73 Å². The lowest BCUT2D eigenvalue weighted by molar-refractivity contribution is -0.123. The third-order valence-corrected chi connectivity index (χ3v) is 6.05. The van der Waals surface area contributed by atoms with E-state index in [9.17, 15) is 14.4 Å². The molecule has 3 rings (SSSR count). The summed E-state index contributed by atoms with van der Waals surface area (Å²) < 4.78 is 9.52. The Hall–Kier alpha value is -3.92. The Bertz CT molecular complexity index is 1250. The number of hydrogen-bond donors (Lipinski definition) is 3. The van der Waals surface area contributed by atoms with Crippen molar-refractivity contribution in [2.75, 3.05) is 17.2 Å². The van der Waals surface area contributed by atoms with Gasteiger partial charge < -0.3 is 21.5 Å². The number of carbonyl (C=O) groups is 3. The van der Waals surface area contributed by atoms with Crippen molar-refractivity contribution in [3.63, 3.8) is 0 Å². The molecule has 1 atom stereocenters. The molecule has 0 bridgehead atoms. The number of nitrogens with one attached hydrogen (secondary N) is 1. The number of carbonyl (C=O) groups excluding carboxylic acids is 3. The molecule has 190 valence electrons. The maximum absolute atomic E-state index is 14.0. The molecule has 0 aliphatic rings. The molecule has 0 unspecified atom stereocenters. The van der Waals surface area contributed by atoms with Crippen LogP contribution in [-0.2, 0) is 4.79 Å². The Labute approximate surface area is 214 Å². The summed E-state index contributed by atoms with van der Waals surface area (Å²) in [6, 6.07) is 13.1. The number of nitrogens with zero attached hydrogens (tertiary/aromatic N) is 2. The number of rotatable bonds is 8. The molecule has 3 amide bonds. The van der Waals surface area contributed by atoms with E-state index < -0.39 is 23.4 Å². The van der Waals surface area contributed by atoms with Crippen LogP contribution >= 0.6 is 11.5 Å². The third kappa shape index (κ3) is 6.01. The largest absolute Gasteiger partial charge is 0.494 e. The van der Waals surface area contributed by atoms with Crippen LogP contribution in [0.3, 0.4) is 0 Å². The van der Waals surface area contributed by atoms with Crippen LogP contribution in [0, 0.1) is 6.92 Å². The zero-order valence-electron chi connectivity index (χ0n) is 21.0.